The number of fused-ring (bicyclic) bond motifs is 1. The van der Waals surface area contributed by atoms with Gasteiger partial charge < -0.3 is 15.0 Å². The minimum atomic E-state index is -0.513. The second-order valence-corrected chi connectivity index (χ2v) is 6.51. The van der Waals surface area contributed by atoms with Crippen LogP contribution in [0.25, 0.3) is 10.1 Å². The van der Waals surface area contributed by atoms with E-state index in [4.69, 9.17) is 4.74 Å². The van der Waals surface area contributed by atoms with E-state index >= 15 is 0 Å². The summed E-state index contributed by atoms with van der Waals surface area (Å²) in [6.07, 6.45) is 0.781. The molecule has 0 aliphatic carbocycles. The number of hydrogen-bond acceptors (Lipinski definition) is 4. The summed E-state index contributed by atoms with van der Waals surface area (Å²) in [6.45, 7) is 3.28. The van der Waals surface area contributed by atoms with Crippen LogP contribution in [0.5, 0.6) is 0 Å². The van der Waals surface area contributed by atoms with Crippen LogP contribution in [0.3, 0.4) is 0 Å². The number of nitrogens with one attached hydrogen (secondary N) is 1. The van der Waals surface area contributed by atoms with E-state index in [0.717, 1.165) is 6.42 Å². The van der Waals surface area contributed by atoms with Gasteiger partial charge in [-0.2, -0.15) is 0 Å². The lowest BCUT2D eigenvalue weighted by Crippen LogP contribution is -2.55. The lowest BCUT2D eigenvalue weighted by Gasteiger charge is -2.33. The van der Waals surface area contributed by atoms with Crippen LogP contribution in [0.4, 0.5) is 0 Å². The molecule has 1 fully saturated rings. The lowest BCUT2D eigenvalue weighted by molar-refractivity contribution is -0.146. The molecule has 2 amide bonds. The molecule has 2 heterocycles. The molecule has 1 aliphatic heterocycles. The maximum atomic E-state index is 12.3. The van der Waals surface area contributed by atoms with E-state index in [1.165, 1.54) is 22.6 Å². The Kier molecular flexibility index (Phi) is 4.93. The van der Waals surface area contributed by atoms with E-state index in [9.17, 15) is 9.59 Å². The minimum absolute atomic E-state index is 0.0859. The predicted octanol–water partition coefficient (Wildman–Crippen LogP) is 1.81. The number of benzene rings is 1. The number of morpholine rings is 1. The molecule has 0 saturated carbocycles. The van der Waals surface area contributed by atoms with Crippen molar-refractivity contribution in [3.63, 3.8) is 0 Å². The molecule has 1 N–H and O–H groups in total. The van der Waals surface area contributed by atoms with E-state index in [2.05, 4.69) is 22.8 Å². The summed E-state index contributed by atoms with van der Waals surface area (Å²) < 4.78 is 6.60. The van der Waals surface area contributed by atoms with Crippen molar-refractivity contribution in [3.8, 4) is 0 Å². The Bertz CT molecular complexity index is 713. The zero-order valence-corrected chi connectivity index (χ0v) is 13.9. The fraction of sp³-hybridized carbons (Fsp3) is 0.412. The van der Waals surface area contributed by atoms with Crippen molar-refractivity contribution in [3.05, 3.63) is 35.2 Å². The van der Waals surface area contributed by atoms with Crippen LogP contribution < -0.4 is 5.32 Å². The lowest BCUT2D eigenvalue weighted by atomic mass is 10.1. The topological polar surface area (TPSA) is 58.6 Å². The molecule has 1 aliphatic rings. The molecule has 0 bridgehead atoms. The SMILES string of the molecule is CC(=O)N1CCOC[C@@H]1C(=O)NCCc1csc2ccccc12. The van der Waals surface area contributed by atoms with Gasteiger partial charge in [0.15, 0.2) is 0 Å². The van der Waals surface area contributed by atoms with Crippen molar-refractivity contribution in [2.24, 2.45) is 0 Å². The third-order valence-corrected chi connectivity index (χ3v) is 5.10. The van der Waals surface area contributed by atoms with Gasteiger partial charge in [0.25, 0.3) is 0 Å². The van der Waals surface area contributed by atoms with Crippen molar-refractivity contribution in [2.45, 2.75) is 19.4 Å². The molecule has 2 aromatic rings. The van der Waals surface area contributed by atoms with Crippen LogP contribution in [-0.2, 0) is 20.7 Å². The van der Waals surface area contributed by atoms with Crippen LogP contribution in [0, 0.1) is 0 Å². The van der Waals surface area contributed by atoms with Gasteiger partial charge in [0, 0.05) is 24.7 Å². The number of nitrogens with zero attached hydrogens (tertiary/aromatic N) is 1. The maximum Gasteiger partial charge on any atom is 0.245 e. The Morgan fingerprint density at radius 2 is 2.22 bits per heavy atom. The zero-order chi connectivity index (χ0) is 16.2. The highest BCUT2D eigenvalue weighted by Gasteiger charge is 2.30. The molecule has 1 aromatic heterocycles. The number of hydrogen-bond donors (Lipinski definition) is 1. The summed E-state index contributed by atoms with van der Waals surface area (Å²) >= 11 is 1.72. The maximum absolute atomic E-state index is 12.3. The Morgan fingerprint density at radius 3 is 3.04 bits per heavy atom. The van der Waals surface area contributed by atoms with Crippen molar-refractivity contribution < 1.29 is 14.3 Å². The highest BCUT2D eigenvalue weighted by Crippen LogP contribution is 2.25. The zero-order valence-electron chi connectivity index (χ0n) is 13.1. The van der Waals surface area contributed by atoms with Crippen LogP contribution in [-0.4, -0.2) is 49.1 Å². The van der Waals surface area contributed by atoms with Gasteiger partial charge in [-0.3, -0.25) is 9.59 Å². The summed E-state index contributed by atoms with van der Waals surface area (Å²) in [5.41, 5.74) is 1.24. The molecule has 1 aromatic carbocycles. The molecule has 0 unspecified atom stereocenters. The summed E-state index contributed by atoms with van der Waals surface area (Å²) in [7, 11) is 0. The smallest absolute Gasteiger partial charge is 0.245 e. The van der Waals surface area contributed by atoms with Gasteiger partial charge in [-0.05, 0) is 28.8 Å². The number of rotatable bonds is 4. The van der Waals surface area contributed by atoms with Crippen LogP contribution in [0.15, 0.2) is 29.6 Å². The molecule has 6 heteroatoms. The third-order valence-electron chi connectivity index (χ3n) is 4.09. The molecule has 0 spiro atoms. The van der Waals surface area contributed by atoms with Gasteiger partial charge in [0.2, 0.25) is 11.8 Å². The standard InChI is InChI=1S/C17H20N2O3S/c1-12(20)19-8-9-22-10-15(19)17(21)18-7-6-13-11-23-16-5-3-2-4-14(13)16/h2-5,11,15H,6-10H2,1H3,(H,18,21)/t15-/m1/s1. The van der Waals surface area contributed by atoms with E-state index in [-0.39, 0.29) is 18.4 Å². The summed E-state index contributed by atoms with van der Waals surface area (Å²) in [6, 6.07) is 7.76. The van der Waals surface area contributed by atoms with Crippen LogP contribution in [0.1, 0.15) is 12.5 Å². The van der Waals surface area contributed by atoms with Crippen molar-refractivity contribution in [2.75, 3.05) is 26.3 Å². The number of thiophene rings is 1. The summed E-state index contributed by atoms with van der Waals surface area (Å²) in [5, 5.41) is 6.32. The molecule has 3 rings (SSSR count). The Labute approximate surface area is 139 Å². The third kappa shape index (κ3) is 3.54. The first kappa shape index (κ1) is 16.0. The van der Waals surface area contributed by atoms with E-state index in [0.29, 0.717) is 19.7 Å². The van der Waals surface area contributed by atoms with Crippen molar-refractivity contribution in [1.29, 1.82) is 0 Å². The van der Waals surface area contributed by atoms with Crippen molar-refractivity contribution >= 4 is 33.2 Å². The number of carbonyl (C=O) groups excluding carboxylic acids is 2. The second-order valence-electron chi connectivity index (χ2n) is 5.60. The van der Waals surface area contributed by atoms with E-state index in [1.54, 1.807) is 16.2 Å². The Hall–Kier alpha value is -1.92. The molecule has 1 atom stereocenters. The summed E-state index contributed by atoms with van der Waals surface area (Å²) in [4.78, 5) is 25.5. The first-order valence-corrected chi connectivity index (χ1v) is 8.62. The molecular weight excluding hydrogens is 312 g/mol. The summed E-state index contributed by atoms with van der Waals surface area (Å²) in [5.74, 6) is -0.225. The average molecular weight is 332 g/mol. The fourth-order valence-electron chi connectivity index (χ4n) is 2.86. The number of amides is 2. The first-order chi connectivity index (χ1) is 11.2. The average Bonchev–Trinajstić information content (AvgIpc) is 2.98. The first-order valence-electron chi connectivity index (χ1n) is 7.74. The normalized spacial score (nSPS) is 18.1. The van der Waals surface area contributed by atoms with Gasteiger partial charge >= 0.3 is 0 Å². The van der Waals surface area contributed by atoms with Gasteiger partial charge in [0.1, 0.15) is 6.04 Å². The van der Waals surface area contributed by atoms with E-state index < -0.39 is 6.04 Å². The Balaban J connectivity index is 1.57. The molecule has 5 nitrogen and oxygen atoms in total. The second kappa shape index (κ2) is 7.10. The molecule has 0 radical (unpaired) electrons. The van der Waals surface area contributed by atoms with Gasteiger partial charge in [-0.25, -0.2) is 0 Å². The predicted molar refractivity (Wildman–Crippen MR) is 90.5 cm³/mol. The minimum Gasteiger partial charge on any atom is -0.377 e. The highest BCUT2D eigenvalue weighted by molar-refractivity contribution is 7.17. The van der Waals surface area contributed by atoms with Gasteiger partial charge in [-0.1, -0.05) is 18.2 Å². The van der Waals surface area contributed by atoms with E-state index in [1.807, 2.05) is 12.1 Å². The monoisotopic (exact) mass is 332 g/mol. The molecular formula is C17H20N2O3S. The molecule has 1 saturated heterocycles. The van der Waals surface area contributed by atoms with Gasteiger partial charge in [-0.15, -0.1) is 11.3 Å². The molecule has 122 valence electrons. The quantitative estimate of drug-likeness (QED) is 0.929. The number of ether oxygens (including phenoxy) is 1. The molecule has 23 heavy (non-hydrogen) atoms. The van der Waals surface area contributed by atoms with Gasteiger partial charge in [0.05, 0.1) is 13.2 Å². The number of carbonyl (C=O) groups is 2. The fourth-order valence-corrected chi connectivity index (χ4v) is 3.86. The Morgan fingerprint density at radius 1 is 1.39 bits per heavy atom. The highest BCUT2D eigenvalue weighted by atomic mass is 32.1. The van der Waals surface area contributed by atoms with Crippen LogP contribution in [0.2, 0.25) is 0 Å². The van der Waals surface area contributed by atoms with Crippen LogP contribution >= 0.6 is 11.3 Å². The van der Waals surface area contributed by atoms with Crippen molar-refractivity contribution in [1.82, 2.24) is 10.2 Å². The largest absolute Gasteiger partial charge is 0.377 e.